The molecule has 0 amide bonds. The van der Waals surface area contributed by atoms with Crippen molar-refractivity contribution in [2.24, 2.45) is 5.73 Å². The van der Waals surface area contributed by atoms with E-state index in [1.54, 1.807) is 11.3 Å². The van der Waals surface area contributed by atoms with Crippen molar-refractivity contribution in [3.8, 4) is 0 Å². The summed E-state index contributed by atoms with van der Waals surface area (Å²) in [7, 11) is 0. The van der Waals surface area contributed by atoms with Gasteiger partial charge in [0.2, 0.25) is 0 Å². The van der Waals surface area contributed by atoms with E-state index in [0.29, 0.717) is 0 Å². The van der Waals surface area contributed by atoms with E-state index in [4.69, 9.17) is 10.5 Å². The molecule has 0 bridgehead atoms. The Morgan fingerprint density at radius 1 is 1.53 bits per heavy atom. The Balaban J connectivity index is 1.64. The third-order valence-corrected chi connectivity index (χ3v) is 4.41. The van der Waals surface area contributed by atoms with Crippen molar-refractivity contribution in [2.45, 2.75) is 37.4 Å². The van der Waals surface area contributed by atoms with Crippen molar-refractivity contribution in [1.82, 2.24) is 4.90 Å². The molecular weight excluding hydrogens is 232 g/mol. The Bertz CT molecular complexity index is 356. The van der Waals surface area contributed by atoms with E-state index in [9.17, 15) is 0 Å². The van der Waals surface area contributed by atoms with Crippen LogP contribution in [0.15, 0.2) is 16.8 Å². The molecule has 3 nitrogen and oxygen atoms in total. The van der Waals surface area contributed by atoms with Gasteiger partial charge in [-0.05, 0) is 41.7 Å². The van der Waals surface area contributed by atoms with E-state index in [-0.39, 0.29) is 5.54 Å². The fraction of sp³-hybridized carbons (Fsp3) is 0.692. The van der Waals surface area contributed by atoms with Gasteiger partial charge in [-0.1, -0.05) is 0 Å². The monoisotopic (exact) mass is 252 g/mol. The van der Waals surface area contributed by atoms with Crippen molar-refractivity contribution < 1.29 is 4.74 Å². The molecule has 1 aliphatic carbocycles. The predicted molar refractivity (Wildman–Crippen MR) is 70.1 cm³/mol. The van der Waals surface area contributed by atoms with Crippen LogP contribution in [-0.2, 0) is 11.3 Å². The molecule has 2 N–H and O–H groups in total. The van der Waals surface area contributed by atoms with E-state index in [1.807, 2.05) is 0 Å². The molecule has 1 atom stereocenters. The lowest BCUT2D eigenvalue weighted by Crippen LogP contribution is -2.51. The number of hydrogen-bond acceptors (Lipinski definition) is 4. The maximum Gasteiger partial charge on any atom is 0.0659 e. The third kappa shape index (κ3) is 2.88. The van der Waals surface area contributed by atoms with Gasteiger partial charge in [-0.15, -0.1) is 0 Å². The largest absolute Gasteiger partial charge is 0.379 e. The van der Waals surface area contributed by atoms with Gasteiger partial charge < -0.3 is 10.5 Å². The summed E-state index contributed by atoms with van der Waals surface area (Å²) in [6.45, 7) is 3.58. The van der Waals surface area contributed by atoms with E-state index < -0.39 is 0 Å². The Hall–Kier alpha value is -0.420. The quantitative estimate of drug-likeness (QED) is 0.869. The zero-order valence-electron chi connectivity index (χ0n) is 10.1. The Morgan fingerprint density at radius 3 is 3.00 bits per heavy atom. The van der Waals surface area contributed by atoms with Crippen molar-refractivity contribution >= 4 is 11.3 Å². The average molecular weight is 252 g/mol. The second kappa shape index (κ2) is 4.69. The second-order valence-corrected chi connectivity index (χ2v) is 6.21. The first-order chi connectivity index (χ1) is 8.25. The Kier molecular flexibility index (Phi) is 3.21. The summed E-state index contributed by atoms with van der Waals surface area (Å²) in [6, 6.07) is 2.98. The topological polar surface area (TPSA) is 38.5 Å². The van der Waals surface area contributed by atoms with Gasteiger partial charge in [0.25, 0.3) is 0 Å². The molecule has 94 valence electrons. The lowest BCUT2D eigenvalue weighted by Gasteiger charge is -2.31. The first kappa shape index (κ1) is 11.7. The summed E-state index contributed by atoms with van der Waals surface area (Å²) in [5, 5.41) is 4.39. The Morgan fingerprint density at radius 2 is 2.41 bits per heavy atom. The molecular formula is C13H20N2OS. The molecule has 1 unspecified atom stereocenters. The van der Waals surface area contributed by atoms with Crippen LogP contribution in [0.1, 0.15) is 24.8 Å². The van der Waals surface area contributed by atoms with Crippen molar-refractivity contribution in [3.05, 3.63) is 22.4 Å². The summed E-state index contributed by atoms with van der Waals surface area (Å²) in [5.74, 6) is 0. The van der Waals surface area contributed by atoms with Crippen LogP contribution in [0.3, 0.4) is 0 Å². The first-order valence-electron chi connectivity index (χ1n) is 6.37. The molecule has 0 aromatic carbocycles. The summed E-state index contributed by atoms with van der Waals surface area (Å²) in [6.07, 6.45) is 3.67. The Labute approximate surface area is 107 Å². The van der Waals surface area contributed by atoms with Crippen LogP contribution in [0, 0.1) is 0 Å². The fourth-order valence-corrected chi connectivity index (χ4v) is 3.18. The molecule has 0 spiro atoms. The molecule has 1 saturated carbocycles. The smallest absolute Gasteiger partial charge is 0.0659 e. The van der Waals surface area contributed by atoms with Gasteiger partial charge in [-0.25, -0.2) is 0 Å². The molecule has 4 heteroatoms. The number of ether oxygens (including phenoxy) is 1. The maximum absolute atomic E-state index is 6.39. The van der Waals surface area contributed by atoms with Crippen molar-refractivity contribution in [1.29, 1.82) is 0 Å². The minimum atomic E-state index is -0.112. The molecule has 17 heavy (non-hydrogen) atoms. The maximum atomic E-state index is 6.39. The van der Waals surface area contributed by atoms with Crippen LogP contribution in [0.4, 0.5) is 0 Å². The van der Waals surface area contributed by atoms with E-state index in [2.05, 4.69) is 21.7 Å². The van der Waals surface area contributed by atoms with Crippen LogP contribution in [0.25, 0.3) is 0 Å². The average Bonchev–Trinajstić information content (AvgIpc) is 2.88. The fourth-order valence-electron chi connectivity index (χ4n) is 2.52. The summed E-state index contributed by atoms with van der Waals surface area (Å²) >= 11 is 1.77. The number of rotatable bonds is 5. The van der Waals surface area contributed by atoms with E-state index >= 15 is 0 Å². The highest BCUT2D eigenvalue weighted by atomic mass is 32.1. The highest BCUT2D eigenvalue weighted by molar-refractivity contribution is 7.07. The second-order valence-electron chi connectivity index (χ2n) is 5.43. The lowest BCUT2D eigenvalue weighted by atomic mass is 9.99. The zero-order valence-corrected chi connectivity index (χ0v) is 10.9. The van der Waals surface area contributed by atoms with Gasteiger partial charge in [0.15, 0.2) is 0 Å². The van der Waals surface area contributed by atoms with Crippen LogP contribution in [0.2, 0.25) is 0 Å². The molecule has 1 aliphatic heterocycles. The molecule has 1 saturated heterocycles. The number of nitrogens with two attached hydrogens (primary N) is 1. The molecule has 2 aliphatic rings. The van der Waals surface area contributed by atoms with Crippen LogP contribution in [0.5, 0.6) is 0 Å². The minimum absolute atomic E-state index is 0.112. The molecule has 2 heterocycles. The number of hydrogen-bond donors (Lipinski definition) is 1. The molecule has 1 aromatic heterocycles. The van der Waals surface area contributed by atoms with Gasteiger partial charge in [0, 0.05) is 25.7 Å². The standard InChI is InChI=1S/C13H20N2OS/c14-13(4-5-16-10-13)9-15(12-1-2-12)7-11-3-6-17-8-11/h3,6,8,12H,1-2,4-5,7,9-10,14H2. The third-order valence-electron chi connectivity index (χ3n) is 3.68. The molecule has 3 rings (SSSR count). The number of nitrogens with zero attached hydrogens (tertiary/aromatic N) is 1. The van der Waals surface area contributed by atoms with Gasteiger partial charge in [0.05, 0.1) is 12.1 Å². The molecule has 0 radical (unpaired) electrons. The SMILES string of the molecule is NC1(CN(Cc2ccsc2)C2CC2)CCOC1. The zero-order chi connectivity index (χ0) is 11.7. The predicted octanol–water partition coefficient (Wildman–Crippen LogP) is 1.83. The highest BCUT2D eigenvalue weighted by Gasteiger charge is 2.37. The van der Waals surface area contributed by atoms with Crippen LogP contribution < -0.4 is 5.73 Å². The van der Waals surface area contributed by atoms with Crippen LogP contribution in [-0.4, -0.2) is 36.2 Å². The summed E-state index contributed by atoms with van der Waals surface area (Å²) in [5.41, 5.74) is 7.70. The van der Waals surface area contributed by atoms with Crippen molar-refractivity contribution in [2.75, 3.05) is 19.8 Å². The van der Waals surface area contributed by atoms with E-state index in [0.717, 1.165) is 38.8 Å². The molecule has 2 fully saturated rings. The molecule has 1 aromatic rings. The minimum Gasteiger partial charge on any atom is -0.379 e. The van der Waals surface area contributed by atoms with Gasteiger partial charge >= 0.3 is 0 Å². The summed E-state index contributed by atoms with van der Waals surface area (Å²) < 4.78 is 5.45. The first-order valence-corrected chi connectivity index (χ1v) is 7.31. The summed E-state index contributed by atoms with van der Waals surface area (Å²) in [4.78, 5) is 2.55. The van der Waals surface area contributed by atoms with Crippen molar-refractivity contribution in [3.63, 3.8) is 0 Å². The normalized spacial score (nSPS) is 29.1. The lowest BCUT2D eigenvalue weighted by molar-refractivity contribution is 0.146. The van der Waals surface area contributed by atoms with Gasteiger partial charge in [-0.2, -0.15) is 11.3 Å². The highest BCUT2D eigenvalue weighted by Crippen LogP contribution is 2.31. The van der Waals surface area contributed by atoms with Crippen LogP contribution >= 0.6 is 11.3 Å². The van der Waals surface area contributed by atoms with Gasteiger partial charge in [-0.3, -0.25) is 4.90 Å². The van der Waals surface area contributed by atoms with Gasteiger partial charge in [0.1, 0.15) is 0 Å². The number of thiophene rings is 1. The van der Waals surface area contributed by atoms with E-state index in [1.165, 1.54) is 18.4 Å².